The molecule has 0 bridgehead atoms. The van der Waals surface area contributed by atoms with E-state index in [0.29, 0.717) is 0 Å². The monoisotopic (exact) mass is 313 g/mol. The van der Waals surface area contributed by atoms with E-state index >= 15 is 0 Å². The van der Waals surface area contributed by atoms with Gasteiger partial charge in [0.15, 0.2) is 0 Å². The van der Waals surface area contributed by atoms with Crippen LogP contribution in [0.5, 0.6) is 0 Å². The molecule has 8 heavy (non-hydrogen) atoms. The Morgan fingerprint density at radius 2 is 2.12 bits per heavy atom. The number of hydrogen-bond donors (Lipinski definition) is 1. The first kappa shape index (κ1) is 11.2. The molecule has 0 aliphatic carbocycles. The van der Waals surface area contributed by atoms with Gasteiger partial charge in [-0.15, -0.1) is 0 Å². The summed E-state index contributed by atoms with van der Waals surface area (Å²) in [6.45, 7) is 1.58. The van der Waals surface area contributed by atoms with E-state index in [0.717, 1.165) is 0 Å². The topological polar surface area (TPSA) is 52.3 Å². The molecule has 0 aromatic heterocycles. The van der Waals surface area contributed by atoms with Crippen LogP contribution in [0.2, 0.25) is 0 Å². The van der Waals surface area contributed by atoms with Crippen LogP contribution < -0.4 is 5.73 Å². The molecule has 0 amide bonds. The van der Waals surface area contributed by atoms with Gasteiger partial charge in [0, 0.05) is 0 Å². The molecule has 3 nitrogen and oxygen atoms in total. The number of esters is 1. The molecule has 4 heteroatoms. The van der Waals surface area contributed by atoms with Crippen LogP contribution in [-0.2, 0) is 9.53 Å². The summed E-state index contributed by atoms with van der Waals surface area (Å²) >= 11 is 0. The number of carbonyl (C=O) groups is 1. The van der Waals surface area contributed by atoms with Gasteiger partial charge in [0.05, 0.1) is 7.11 Å². The molecule has 0 spiro atoms. The van der Waals surface area contributed by atoms with Crippen molar-refractivity contribution in [1.82, 2.24) is 0 Å². The maximum atomic E-state index is 10.2. The van der Waals surface area contributed by atoms with Gasteiger partial charge in [0.25, 0.3) is 0 Å². The molecule has 2 N–H and O–H groups in total. The van der Waals surface area contributed by atoms with Gasteiger partial charge in [-0.05, 0) is 6.92 Å². The van der Waals surface area contributed by atoms with Crippen LogP contribution in [0.1, 0.15) is 6.92 Å². The van der Waals surface area contributed by atoms with Crippen molar-refractivity contribution >= 4 is 33.3 Å². The van der Waals surface area contributed by atoms with Gasteiger partial charge >= 0.3 is 33.3 Å². The summed E-state index contributed by atoms with van der Waals surface area (Å²) in [5, 5.41) is 0. The van der Waals surface area contributed by atoms with E-state index < -0.39 is 6.04 Å². The summed E-state index contributed by atoms with van der Waals surface area (Å²) in [4.78, 5) is 10.2. The molecule has 48 valence electrons. The van der Waals surface area contributed by atoms with Gasteiger partial charge in [-0.25, -0.2) is 0 Å². The second kappa shape index (κ2) is 5.49. The van der Waals surface area contributed by atoms with E-state index in [4.69, 9.17) is 5.73 Å². The van der Waals surface area contributed by atoms with E-state index in [9.17, 15) is 4.79 Å². The molecule has 1 atom stereocenters. The van der Waals surface area contributed by atoms with E-state index in [-0.39, 0.29) is 33.3 Å². The predicted octanol–water partition coefficient (Wildman–Crippen LogP) is -1.41. The fourth-order valence-corrected chi connectivity index (χ4v) is 0.186. The van der Waals surface area contributed by atoms with Crippen LogP contribution in [0.15, 0.2) is 0 Å². The van der Waals surface area contributed by atoms with Gasteiger partial charge < -0.3 is 10.5 Å². The number of hydrogen-bond acceptors (Lipinski definition) is 3. The van der Waals surface area contributed by atoms with Crippen LogP contribution >= 0.6 is 0 Å². The SMILES string of the molecule is COC(=O)[C@H](C)N.[PbH2]. The number of carbonyl (C=O) groups excluding carboxylic acids is 1. The molecular weight excluding hydrogens is 301 g/mol. The molecule has 0 unspecified atom stereocenters. The minimum atomic E-state index is -0.495. The van der Waals surface area contributed by atoms with Crippen molar-refractivity contribution in [2.45, 2.75) is 13.0 Å². The quantitative estimate of drug-likeness (QED) is 0.478. The van der Waals surface area contributed by atoms with Crippen molar-refractivity contribution in [2.75, 3.05) is 7.11 Å². The Hall–Kier alpha value is 0.352. The first-order chi connectivity index (χ1) is 3.18. The average Bonchev–Trinajstić information content (AvgIpc) is 1.65. The minimum absolute atomic E-state index is 0. The van der Waals surface area contributed by atoms with E-state index in [1.807, 2.05) is 0 Å². The van der Waals surface area contributed by atoms with E-state index in [2.05, 4.69) is 4.74 Å². The van der Waals surface area contributed by atoms with Gasteiger partial charge in [0.2, 0.25) is 0 Å². The van der Waals surface area contributed by atoms with Crippen LogP contribution in [0.25, 0.3) is 0 Å². The van der Waals surface area contributed by atoms with E-state index in [1.54, 1.807) is 6.92 Å². The molecule has 0 aliphatic rings. The Kier molecular flexibility index (Phi) is 7.68. The van der Waals surface area contributed by atoms with Crippen LogP contribution in [-0.4, -0.2) is 46.4 Å². The second-order valence-corrected chi connectivity index (χ2v) is 1.31. The molecule has 0 aromatic carbocycles. The zero-order valence-corrected chi connectivity index (χ0v) is 10.7. The zero-order chi connectivity index (χ0) is 5.86. The van der Waals surface area contributed by atoms with Crippen LogP contribution in [0.3, 0.4) is 0 Å². The average molecular weight is 312 g/mol. The number of nitrogens with two attached hydrogens (primary N) is 1. The van der Waals surface area contributed by atoms with Crippen molar-refractivity contribution in [1.29, 1.82) is 0 Å². The van der Waals surface area contributed by atoms with E-state index in [1.165, 1.54) is 7.11 Å². The molecule has 0 saturated carbocycles. The zero-order valence-electron chi connectivity index (χ0n) is 5.18. The van der Waals surface area contributed by atoms with Gasteiger partial charge in [-0.3, -0.25) is 4.79 Å². The summed E-state index contributed by atoms with van der Waals surface area (Å²) < 4.78 is 4.25. The second-order valence-electron chi connectivity index (χ2n) is 1.31. The van der Waals surface area contributed by atoms with Crippen LogP contribution in [0, 0.1) is 0 Å². The molecular formula is C4H11NO2Pb. The summed E-state index contributed by atoms with van der Waals surface area (Å²) in [7, 11) is 1.31. The summed E-state index contributed by atoms with van der Waals surface area (Å²) in [5.41, 5.74) is 5.07. The molecule has 2 radical (unpaired) electrons. The fourth-order valence-electron chi connectivity index (χ4n) is 0.186. The molecule has 0 aliphatic heterocycles. The summed E-state index contributed by atoms with van der Waals surface area (Å²) in [5.74, 6) is -0.375. The molecule has 0 fully saturated rings. The number of rotatable bonds is 1. The maximum absolute atomic E-state index is 10.2. The Morgan fingerprint density at radius 1 is 1.75 bits per heavy atom. The van der Waals surface area contributed by atoms with Crippen molar-refractivity contribution in [2.24, 2.45) is 5.73 Å². The third-order valence-corrected chi connectivity index (χ3v) is 0.573. The van der Waals surface area contributed by atoms with Crippen molar-refractivity contribution in [3.63, 3.8) is 0 Å². The molecule has 0 aromatic rings. The van der Waals surface area contributed by atoms with Gasteiger partial charge in [0.1, 0.15) is 6.04 Å². The Balaban J connectivity index is 0. The van der Waals surface area contributed by atoms with Crippen molar-refractivity contribution in [3.05, 3.63) is 0 Å². The third-order valence-electron chi connectivity index (χ3n) is 0.573. The molecule has 0 rings (SSSR count). The van der Waals surface area contributed by atoms with Gasteiger partial charge in [-0.1, -0.05) is 0 Å². The summed E-state index contributed by atoms with van der Waals surface area (Å²) in [6.07, 6.45) is 0. The number of methoxy groups -OCH3 is 1. The first-order valence-corrected chi connectivity index (χ1v) is 2.02. The van der Waals surface area contributed by atoms with Crippen molar-refractivity contribution < 1.29 is 9.53 Å². The Bertz CT molecular complexity index is 74.4. The molecule has 0 saturated heterocycles. The Morgan fingerprint density at radius 3 is 2.12 bits per heavy atom. The standard InChI is InChI=1S/C4H9NO2.Pb.2H/c1-3(5)4(6)7-2;;;/h3H,5H2,1-2H3;;;/t3-;;;/m0.../s1. The Labute approximate surface area is 68.7 Å². The van der Waals surface area contributed by atoms with Gasteiger partial charge in [-0.2, -0.15) is 0 Å². The first-order valence-electron chi connectivity index (χ1n) is 2.02. The fraction of sp³-hybridized carbons (Fsp3) is 0.750. The van der Waals surface area contributed by atoms with Crippen LogP contribution in [0.4, 0.5) is 0 Å². The number of ether oxygens (including phenoxy) is 1. The normalized spacial score (nSPS) is 11.4. The predicted molar refractivity (Wildman–Crippen MR) is 34.2 cm³/mol. The van der Waals surface area contributed by atoms with Crippen molar-refractivity contribution in [3.8, 4) is 0 Å². The summed E-state index contributed by atoms with van der Waals surface area (Å²) in [6, 6.07) is -0.495. The molecule has 0 heterocycles. The third kappa shape index (κ3) is 4.51.